The van der Waals surface area contributed by atoms with E-state index < -0.39 is 0 Å². The first-order valence-electron chi connectivity index (χ1n) is 7.53. The van der Waals surface area contributed by atoms with Crippen molar-refractivity contribution >= 4 is 45.4 Å². The van der Waals surface area contributed by atoms with Gasteiger partial charge in [-0.05, 0) is 31.5 Å². The maximum atomic E-state index is 12.2. The van der Waals surface area contributed by atoms with Gasteiger partial charge < -0.3 is 0 Å². The highest BCUT2D eigenvalue weighted by molar-refractivity contribution is 8.02. The number of nitrogens with one attached hydrogen (secondary N) is 1. The molecule has 3 rings (SSSR count). The van der Waals surface area contributed by atoms with Crippen molar-refractivity contribution in [3.63, 3.8) is 0 Å². The molecule has 1 aromatic heterocycles. The predicted molar refractivity (Wildman–Crippen MR) is 102 cm³/mol. The Morgan fingerprint density at radius 3 is 2.92 bits per heavy atom. The number of hydrogen-bond acceptors (Lipinski definition) is 5. The molecule has 122 valence electrons. The van der Waals surface area contributed by atoms with Gasteiger partial charge in [-0.25, -0.2) is 10.4 Å². The van der Waals surface area contributed by atoms with E-state index in [1.807, 2.05) is 62.4 Å². The number of fused-ring (bicyclic) bond motifs is 1. The van der Waals surface area contributed by atoms with Crippen LogP contribution in [0, 0.1) is 6.92 Å². The lowest BCUT2D eigenvalue weighted by molar-refractivity contribution is -0.120. The van der Waals surface area contributed by atoms with Crippen LogP contribution in [0.15, 0.2) is 58.0 Å². The second kappa shape index (κ2) is 7.59. The standard InChI is InChI=1S/C18H17N3OS2/c1-12-6-5-7-14(10-12)11-19-21-17(22)13(2)23-18-20-15-8-3-4-9-16(15)24-18/h3-11,13H,1-2H3,(H,21,22)/t13-/m1/s1. The minimum absolute atomic E-state index is 0.136. The van der Waals surface area contributed by atoms with Crippen molar-refractivity contribution in [3.8, 4) is 0 Å². The quantitative estimate of drug-likeness (QED) is 0.423. The summed E-state index contributed by atoms with van der Waals surface area (Å²) in [5.74, 6) is -0.136. The number of amides is 1. The highest BCUT2D eigenvalue weighted by Crippen LogP contribution is 2.31. The van der Waals surface area contributed by atoms with Crippen LogP contribution >= 0.6 is 23.1 Å². The molecule has 2 aromatic carbocycles. The third kappa shape index (κ3) is 4.21. The van der Waals surface area contributed by atoms with Crippen LogP contribution in [-0.2, 0) is 4.79 Å². The Kier molecular flexibility index (Phi) is 5.27. The van der Waals surface area contributed by atoms with Crippen molar-refractivity contribution in [1.29, 1.82) is 0 Å². The van der Waals surface area contributed by atoms with Crippen LogP contribution in [-0.4, -0.2) is 22.4 Å². The molecular formula is C18H17N3OS2. The maximum absolute atomic E-state index is 12.2. The molecule has 4 nitrogen and oxygen atoms in total. The minimum atomic E-state index is -0.264. The summed E-state index contributed by atoms with van der Waals surface area (Å²) in [5.41, 5.74) is 5.68. The Morgan fingerprint density at radius 2 is 2.12 bits per heavy atom. The van der Waals surface area contributed by atoms with Crippen LogP contribution in [0.3, 0.4) is 0 Å². The van der Waals surface area contributed by atoms with Gasteiger partial charge in [0.1, 0.15) is 0 Å². The van der Waals surface area contributed by atoms with Gasteiger partial charge >= 0.3 is 0 Å². The molecule has 1 atom stereocenters. The summed E-state index contributed by atoms with van der Waals surface area (Å²) < 4.78 is 2.02. The van der Waals surface area contributed by atoms with Crippen LogP contribution in [0.25, 0.3) is 10.2 Å². The third-order valence-electron chi connectivity index (χ3n) is 3.35. The molecular weight excluding hydrogens is 338 g/mol. The summed E-state index contributed by atoms with van der Waals surface area (Å²) in [7, 11) is 0. The van der Waals surface area contributed by atoms with E-state index in [0.29, 0.717) is 0 Å². The van der Waals surface area contributed by atoms with Gasteiger partial charge in [0.05, 0.1) is 21.7 Å². The molecule has 1 N–H and O–H groups in total. The number of carbonyl (C=O) groups excluding carboxylic acids is 1. The van der Waals surface area contributed by atoms with Crippen LogP contribution in [0.2, 0.25) is 0 Å². The van der Waals surface area contributed by atoms with E-state index in [4.69, 9.17) is 0 Å². The summed E-state index contributed by atoms with van der Waals surface area (Å²) in [6.07, 6.45) is 1.65. The van der Waals surface area contributed by atoms with E-state index in [-0.39, 0.29) is 11.2 Å². The Labute approximate surface area is 149 Å². The zero-order chi connectivity index (χ0) is 16.9. The number of hydrazone groups is 1. The minimum Gasteiger partial charge on any atom is -0.272 e. The SMILES string of the molecule is Cc1cccc(C=NNC(=O)[C@@H](C)Sc2nc3ccccc3s2)c1. The number of para-hydroxylation sites is 1. The largest absolute Gasteiger partial charge is 0.272 e. The van der Waals surface area contributed by atoms with E-state index in [1.54, 1.807) is 17.6 Å². The number of hydrogen-bond donors (Lipinski definition) is 1. The molecule has 0 saturated heterocycles. The Hall–Kier alpha value is -2.18. The fourth-order valence-corrected chi connectivity index (χ4v) is 4.32. The molecule has 0 aliphatic carbocycles. The maximum Gasteiger partial charge on any atom is 0.253 e. The topological polar surface area (TPSA) is 54.4 Å². The fourth-order valence-electron chi connectivity index (χ4n) is 2.12. The number of aromatic nitrogens is 1. The molecule has 0 spiro atoms. The van der Waals surface area contributed by atoms with E-state index in [0.717, 1.165) is 25.7 Å². The van der Waals surface area contributed by atoms with Crippen molar-refractivity contribution < 1.29 is 4.79 Å². The summed E-state index contributed by atoms with van der Waals surface area (Å²) in [4.78, 5) is 16.7. The van der Waals surface area contributed by atoms with Crippen LogP contribution < -0.4 is 5.43 Å². The molecule has 0 bridgehead atoms. The summed E-state index contributed by atoms with van der Waals surface area (Å²) >= 11 is 3.05. The molecule has 0 saturated carbocycles. The lowest BCUT2D eigenvalue weighted by Crippen LogP contribution is -2.26. The molecule has 24 heavy (non-hydrogen) atoms. The van der Waals surface area contributed by atoms with Gasteiger partial charge in [0, 0.05) is 0 Å². The predicted octanol–water partition coefficient (Wildman–Crippen LogP) is 4.24. The summed E-state index contributed by atoms with van der Waals surface area (Å²) in [6.45, 7) is 3.88. The van der Waals surface area contributed by atoms with Gasteiger partial charge in [-0.15, -0.1) is 11.3 Å². The number of benzene rings is 2. The number of thiazole rings is 1. The monoisotopic (exact) mass is 355 g/mol. The number of thioether (sulfide) groups is 1. The number of rotatable bonds is 5. The highest BCUT2D eigenvalue weighted by atomic mass is 32.2. The Balaban J connectivity index is 1.58. The number of aryl methyl sites for hydroxylation is 1. The molecule has 0 aliphatic rings. The molecule has 0 radical (unpaired) electrons. The van der Waals surface area contributed by atoms with E-state index in [2.05, 4.69) is 15.5 Å². The lowest BCUT2D eigenvalue weighted by atomic mass is 10.2. The average Bonchev–Trinajstić information content (AvgIpc) is 2.97. The first-order chi connectivity index (χ1) is 11.6. The fraction of sp³-hybridized carbons (Fsp3) is 0.167. The van der Waals surface area contributed by atoms with Gasteiger partial charge in [0.25, 0.3) is 5.91 Å². The first-order valence-corrected chi connectivity index (χ1v) is 9.23. The van der Waals surface area contributed by atoms with Crippen molar-refractivity contribution in [2.24, 2.45) is 5.10 Å². The molecule has 1 amide bonds. The number of carbonyl (C=O) groups is 1. The highest BCUT2D eigenvalue weighted by Gasteiger charge is 2.16. The first kappa shape index (κ1) is 16.7. The van der Waals surface area contributed by atoms with Crippen molar-refractivity contribution in [3.05, 3.63) is 59.7 Å². The summed E-state index contributed by atoms with van der Waals surface area (Å²) in [6, 6.07) is 15.9. The van der Waals surface area contributed by atoms with E-state index in [1.165, 1.54) is 11.8 Å². The normalized spacial score (nSPS) is 12.6. The molecule has 0 unspecified atom stereocenters. The zero-order valence-corrected chi connectivity index (χ0v) is 15.0. The smallest absolute Gasteiger partial charge is 0.253 e. The molecule has 6 heteroatoms. The summed E-state index contributed by atoms with van der Waals surface area (Å²) in [5, 5.41) is 3.77. The average molecular weight is 355 g/mol. The Bertz CT molecular complexity index is 856. The molecule has 1 heterocycles. The van der Waals surface area contributed by atoms with Crippen molar-refractivity contribution in [2.75, 3.05) is 0 Å². The van der Waals surface area contributed by atoms with Crippen LogP contribution in [0.4, 0.5) is 0 Å². The van der Waals surface area contributed by atoms with Gasteiger partial charge in [-0.1, -0.05) is 53.7 Å². The molecule has 3 aromatic rings. The van der Waals surface area contributed by atoms with Gasteiger partial charge in [0.2, 0.25) is 0 Å². The number of nitrogens with zero attached hydrogens (tertiary/aromatic N) is 2. The lowest BCUT2D eigenvalue weighted by Gasteiger charge is -2.06. The van der Waals surface area contributed by atoms with E-state index in [9.17, 15) is 4.79 Å². The Morgan fingerprint density at radius 1 is 1.29 bits per heavy atom. The molecule has 0 fully saturated rings. The van der Waals surface area contributed by atoms with Gasteiger partial charge in [0.15, 0.2) is 4.34 Å². The third-order valence-corrected chi connectivity index (χ3v) is 5.58. The van der Waals surface area contributed by atoms with E-state index >= 15 is 0 Å². The zero-order valence-electron chi connectivity index (χ0n) is 13.4. The second-order valence-corrected chi connectivity index (χ2v) is 7.97. The second-order valence-electron chi connectivity index (χ2n) is 5.36. The van der Waals surface area contributed by atoms with Crippen molar-refractivity contribution in [2.45, 2.75) is 23.4 Å². The molecule has 0 aliphatic heterocycles. The van der Waals surface area contributed by atoms with Gasteiger partial charge in [-0.3, -0.25) is 4.79 Å². The van der Waals surface area contributed by atoms with Crippen LogP contribution in [0.1, 0.15) is 18.1 Å². The van der Waals surface area contributed by atoms with Crippen LogP contribution in [0.5, 0.6) is 0 Å². The van der Waals surface area contributed by atoms with Gasteiger partial charge in [-0.2, -0.15) is 5.10 Å². The van der Waals surface area contributed by atoms with Crippen molar-refractivity contribution in [1.82, 2.24) is 10.4 Å².